The Kier molecular flexibility index (Phi) is 3.56. The first-order chi connectivity index (χ1) is 7.69. The maximum Gasteiger partial charge on any atom is 0.121 e. The molecule has 0 aliphatic heterocycles. The molecule has 0 saturated heterocycles. The number of anilines is 1. The summed E-state index contributed by atoms with van der Waals surface area (Å²) in [6, 6.07) is 6.37. The standard InChI is InChI=1S/C12H17ClN2O/c1-16-10-4-5-11(13)12(7-10)15-9-3-2-8(14)6-9/h4-5,7-9,15H,2-3,6,14H2,1H3. The highest BCUT2D eigenvalue weighted by Gasteiger charge is 2.22. The lowest BCUT2D eigenvalue weighted by Gasteiger charge is -2.15. The molecule has 4 heteroatoms. The van der Waals surface area contributed by atoms with Crippen molar-refractivity contribution in [3.63, 3.8) is 0 Å². The summed E-state index contributed by atoms with van der Waals surface area (Å²) in [5, 5.41) is 4.15. The average Bonchev–Trinajstić information content (AvgIpc) is 2.67. The minimum atomic E-state index is 0.321. The first kappa shape index (κ1) is 11.6. The summed E-state index contributed by atoms with van der Waals surface area (Å²) >= 11 is 6.12. The van der Waals surface area contributed by atoms with E-state index in [9.17, 15) is 0 Å². The zero-order chi connectivity index (χ0) is 11.5. The summed E-state index contributed by atoms with van der Waals surface area (Å²) in [7, 11) is 1.65. The van der Waals surface area contributed by atoms with Crippen molar-refractivity contribution in [2.45, 2.75) is 31.3 Å². The number of halogens is 1. The Morgan fingerprint density at radius 3 is 2.88 bits per heavy atom. The molecule has 0 aromatic heterocycles. The summed E-state index contributed by atoms with van der Waals surface area (Å²) in [5.41, 5.74) is 6.81. The molecule has 88 valence electrons. The van der Waals surface area contributed by atoms with Crippen LogP contribution in [0.25, 0.3) is 0 Å². The fourth-order valence-corrected chi connectivity index (χ4v) is 2.28. The Morgan fingerprint density at radius 2 is 2.25 bits per heavy atom. The van der Waals surface area contributed by atoms with Gasteiger partial charge in [-0.25, -0.2) is 0 Å². The largest absolute Gasteiger partial charge is 0.497 e. The Morgan fingerprint density at radius 1 is 1.44 bits per heavy atom. The maximum atomic E-state index is 6.12. The van der Waals surface area contributed by atoms with Crippen LogP contribution in [0.15, 0.2) is 18.2 Å². The Bertz CT molecular complexity index is 370. The molecular formula is C12H17ClN2O. The van der Waals surface area contributed by atoms with Crippen LogP contribution in [0, 0.1) is 0 Å². The molecule has 1 aromatic carbocycles. The van der Waals surface area contributed by atoms with Gasteiger partial charge in [0.1, 0.15) is 5.75 Å². The number of ether oxygens (including phenoxy) is 1. The van der Waals surface area contributed by atoms with Crippen molar-refractivity contribution in [3.05, 3.63) is 23.2 Å². The van der Waals surface area contributed by atoms with E-state index in [0.717, 1.165) is 35.7 Å². The van der Waals surface area contributed by atoms with Gasteiger partial charge in [0.2, 0.25) is 0 Å². The van der Waals surface area contributed by atoms with E-state index in [1.54, 1.807) is 7.11 Å². The van der Waals surface area contributed by atoms with Crippen LogP contribution in [0.3, 0.4) is 0 Å². The SMILES string of the molecule is COc1ccc(Cl)c(NC2CCC(N)C2)c1. The molecule has 1 aliphatic carbocycles. The highest BCUT2D eigenvalue weighted by molar-refractivity contribution is 6.33. The number of methoxy groups -OCH3 is 1. The predicted octanol–water partition coefficient (Wildman–Crippen LogP) is 2.64. The number of nitrogens with one attached hydrogen (secondary N) is 1. The van der Waals surface area contributed by atoms with Crippen LogP contribution in [0.4, 0.5) is 5.69 Å². The van der Waals surface area contributed by atoms with Crippen molar-refractivity contribution in [1.82, 2.24) is 0 Å². The van der Waals surface area contributed by atoms with Gasteiger partial charge in [-0.2, -0.15) is 0 Å². The van der Waals surface area contributed by atoms with Crippen LogP contribution >= 0.6 is 11.6 Å². The lowest BCUT2D eigenvalue weighted by atomic mass is 10.2. The van der Waals surface area contributed by atoms with E-state index in [4.69, 9.17) is 22.1 Å². The first-order valence-electron chi connectivity index (χ1n) is 5.54. The van der Waals surface area contributed by atoms with Crippen LogP contribution in [-0.4, -0.2) is 19.2 Å². The quantitative estimate of drug-likeness (QED) is 0.854. The highest BCUT2D eigenvalue weighted by Crippen LogP contribution is 2.30. The first-order valence-corrected chi connectivity index (χ1v) is 5.92. The summed E-state index contributed by atoms with van der Waals surface area (Å²) in [6.45, 7) is 0. The second kappa shape index (κ2) is 4.93. The third-order valence-corrected chi connectivity index (χ3v) is 3.34. The van der Waals surface area contributed by atoms with Crippen molar-refractivity contribution in [2.75, 3.05) is 12.4 Å². The predicted molar refractivity (Wildman–Crippen MR) is 67.2 cm³/mol. The van der Waals surface area contributed by atoms with Gasteiger partial charge in [-0.15, -0.1) is 0 Å². The van der Waals surface area contributed by atoms with E-state index in [1.807, 2.05) is 18.2 Å². The molecular weight excluding hydrogens is 224 g/mol. The van der Waals surface area contributed by atoms with Gasteiger partial charge in [-0.1, -0.05) is 11.6 Å². The van der Waals surface area contributed by atoms with Crippen LogP contribution in [0.5, 0.6) is 5.75 Å². The molecule has 3 N–H and O–H groups in total. The molecule has 16 heavy (non-hydrogen) atoms. The zero-order valence-electron chi connectivity index (χ0n) is 9.37. The fourth-order valence-electron chi connectivity index (χ4n) is 2.11. The zero-order valence-corrected chi connectivity index (χ0v) is 10.1. The van der Waals surface area contributed by atoms with Gasteiger partial charge in [0.25, 0.3) is 0 Å². The molecule has 2 atom stereocenters. The second-order valence-electron chi connectivity index (χ2n) is 4.26. The molecule has 0 bridgehead atoms. The minimum absolute atomic E-state index is 0.321. The maximum absolute atomic E-state index is 6.12. The second-order valence-corrected chi connectivity index (χ2v) is 4.67. The molecule has 0 heterocycles. The van der Waals surface area contributed by atoms with E-state index in [1.165, 1.54) is 0 Å². The normalized spacial score (nSPS) is 24.4. The molecule has 3 nitrogen and oxygen atoms in total. The molecule has 1 fully saturated rings. The Hall–Kier alpha value is -0.930. The van der Waals surface area contributed by atoms with Gasteiger partial charge >= 0.3 is 0 Å². The molecule has 0 spiro atoms. The lowest BCUT2D eigenvalue weighted by Crippen LogP contribution is -2.20. The van der Waals surface area contributed by atoms with Crippen LogP contribution in [0.1, 0.15) is 19.3 Å². The molecule has 1 aromatic rings. The van der Waals surface area contributed by atoms with Gasteiger partial charge in [-0.05, 0) is 31.4 Å². The molecule has 2 rings (SSSR count). The fraction of sp³-hybridized carbons (Fsp3) is 0.500. The van der Waals surface area contributed by atoms with Crippen LogP contribution < -0.4 is 15.8 Å². The average molecular weight is 241 g/mol. The molecule has 0 radical (unpaired) electrons. The molecule has 0 amide bonds. The van der Waals surface area contributed by atoms with Gasteiger partial charge in [0.15, 0.2) is 0 Å². The van der Waals surface area contributed by atoms with E-state index >= 15 is 0 Å². The summed E-state index contributed by atoms with van der Waals surface area (Å²) in [6.07, 6.45) is 3.20. The van der Waals surface area contributed by atoms with E-state index in [0.29, 0.717) is 12.1 Å². The highest BCUT2D eigenvalue weighted by atomic mass is 35.5. The van der Waals surface area contributed by atoms with Gasteiger partial charge in [0, 0.05) is 18.2 Å². The Balaban J connectivity index is 2.08. The van der Waals surface area contributed by atoms with Crippen LogP contribution in [0.2, 0.25) is 5.02 Å². The minimum Gasteiger partial charge on any atom is -0.497 e. The van der Waals surface area contributed by atoms with E-state index < -0.39 is 0 Å². The van der Waals surface area contributed by atoms with Crippen molar-refractivity contribution >= 4 is 17.3 Å². The Labute approximate surface area is 101 Å². The molecule has 2 unspecified atom stereocenters. The van der Waals surface area contributed by atoms with Crippen molar-refractivity contribution in [1.29, 1.82) is 0 Å². The third kappa shape index (κ3) is 2.60. The summed E-state index contributed by atoms with van der Waals surface area (Å²) < 4.78 is 5.17. The monoisotopic (exact) mass is 240 g/mol. The number of hydrogen-bond acceptors (Lipinski definition) is 3. The van der Waals surface area contributed by atoms with Crippen molar-refractivity contribution < 1.29 is 4.74 Å². The summed E-state index contributed by atoms with van der Waals surface area (Å²) in [5.74, 6) is 0.814. The van der Waals surface area contributed by atoms with Crippen molar-refractivity contribution in [3.8, 4) is 5.75 Å². The number of benzene rings is 1. The number of nitrogens with two attached hydrogens (primary N) is 1. The van der Waals surface area contributed by atoms with Crippen LogP contribution in [-0.2, 0) is 0 Å². The smallest absolute Gasteiger partial charge is 0.121 e. The van der Waals surface area contributed by atoms with E-state index in [-0.39, 0.29) is 0 Å². The topological polar surface area (TPSA) is 47.3 Å². The third-order valence-electron chi connectivity index (χ3n) is 3.01. The van der Waals surface area contributed by atoms with Gasteiger partial charge in [0.05, 0.1) is 17.8 Å². The van der Waals surface area contributed by atoms with E-state index in [2.05, 4.69) is 5.32 Å². The summed E-state index contributed by atoms with van der Waals surface area (Å²) in [4.78, 5) is 0. The van der Waals surface area contributed by atoms with Crippen molar-refractivity contribution in [2.24, 2.45) is 5.73 Å². The van der Waals surface area contributed by atoms with Gasteiger partial charge in [-0.3, -0.25) is 0 Å². The molecule has 1 aliphatic rings. The lowest BCUT2D eigenvalue weighted by molar-refractivity contribution is 0.415. The molecule has 1 saturated carbocycles. The van der Waals surface area contributed by atoms with Gasteiger partial charge < -0.3 is 15.8 Å². The number of rotatable bonds is 3. The number of hydrogen-bond donors (Lipinski definition) is 2.